The summed E-state index contributed by atoms with van der Waals surface area (Å²) in [6.07, 6.45) is 5.37. The molecule has 1 amide bonds. The number of hydrogen-bond donors (Lipinski definition) is 1. The fourth-order valence-electron chi connectivity index (χ4n) is 4.55. The molecule has 2 aliphatic rings. The Balaban J connectivity index is 1.50. The predicted octanol–water partition coefficient (Wildman–Crippen LogP) is 2.87. The fraction of sp³-hybridized carbons (Fsp3) is 0.667. The van der Waals surface area contributed by atoms with Crippen molar-refractivity contribution in [2.75, 3.05) is 26.7 Å². The average Bonchev–Trinajstić information content (AvgIpc) is 3.01. The molecule has 1 aliphatic heterocycles. The Morgan fingerprint density at radius 2 is 2.04 bits per heavy atom. The first-order chi connectivity index (χ1) is 12.0. The van der Waals surface area contributed by atoms with Crippen molar-refractivity contribution in [2.24, 2.45) is 17.6 Å². The third-order valence-electron chi connectivity index (χ3n) is 6.08. The number of benzene rings is 1. The first-order valence-corrected chi connectivity index (χ1v) is 9.76. The Hall–Kier alpha value is -1.39. The summed E-state index contributed by atoms with van der Waals surface area (Å²) in [6, 6.07) is 10.6. The standard InChI is InChI=1S/C21H33N3O/c1-21(22)12-7-6-10-19(21)20(25)23(2)14-18-11-13-24(16-18)15-17-8-4-3-5-9-17/h3-5,8-9,18-19H,6-7,10-16,22H2,1-2H3. The third-order valence-corrected chi connectivity index (χ3v) is 6.08. The molecule has 3 unspecified atom stereocenters. The Kier molecular flexibility index (Phi) is 5.80. The lowest BCUT2D eigenvalue weighted by molar-refractivity contribution is -0.138. The van der Waals surface area contributed by atoms with E-state index in [2.05, 4.69) is 42.2 Å². The van der Waals surface area contributed by atoms with Crippen molar-refractivity contribution >= 4 is 5.91 Å². The molecule has 1 heterocycles. The van der Waals surface area contributed by atoms with Crippen LogP contribution in [0.1, 0.15) is 44.6 Å². The number of amides is 1. The average molecular weight is 344 g/mol. The molecule has 1 saturated heterocycles. The molecule has 1 aromatic carbocycles. The molecule has 2 fully saturated rings. The van der Waals surface area contributed by atoms with E-state index in [1.807, 2.05) is 11.9 Å². The maximum atomic E-state index is 12.9. The summed E-state index contributed by atoms with van der Waals surface area (Å²) in [6.45, 7) is 6.13. The summed E-state index contributed by atoms with van der Waals surface area (Å²) in [5.74, 6) is 0.824. The van der Waals surface area contributed by atoms with Crippen LogP contribution in [0.15, 0.2) is 30.3 Å². The molecule has 1 aromatic rings. The van der Waals surface area contributed by atoms with Gasteiger partial charge < -0.3 is 10.6 Å². The van der Waals surface area contributed by atoms with Gasteiger partial charge in [0.25, 0.3) is 0 Å². The summed E-state index contributed by atoms with van der Waals surface area (Å²) >= 11 is 0. The van der Waals surface area contributed by atoms with E-state index < -0.39 is 0 Å². The minimum atomic E-state index is -0.335. The summed E-state index contributed by atoms with van der Waals surface area (Å²) in [4.78, 5) is 17.4. The van der Waals surface area contributed by atoms with Crippen LogP contribution in [0.2, 0.25) is 0 Å². The van der Waals surface area contributed by atoms with Crippen LogP contribution in [0.25, 0.3) is 0 Å². The second-order valence-corrected chi connectivity index (χ2v) is 8.40. The molecule has 4 nitrogen and oxygen atoms in total. The zero-order valence-corrected chi connectivity index (χ0v) is 15.8. The summed E-state index contributed by atoms with van der Waals surface area (Å²) in [5.41, 5.74) is 7.46. The molecule has 0 radical (unpaired) electrons. The van der Waals surface area contributed by atoms with E-state index in [4.69, 9.17) is 5.73 Å². The monoisotopic (exact) mass is 343 g/mol. The lowest BCUT2D eigenvalue weighted by Gasteiger charge is -2.39. The lowest BCUT2D eigenvalue weighted by Crippen LogP contribution is -2.53. The van der Waals surface area contributed by atoms with Gasteiger partial charge in [-0.1, -0.05) is 43.2 Å². The van der Waals surface area contributed by atoms with Crippen molar-refractivity contribution in [3.8, 4) is 0 Å². The number of nitrogens with two attached hydrogens (primary N) is 1. The quantitative estimate of drug-likeness (QED) is 0.894. The van der Waals surface area contributed by atoms with Crippen molar-refractivity contribution < 1.29 is 4.79 Å². The van der Waals surface area contributed by atoms with Gasteiger partial charge in [-0.25, -0.2) is 0 Å². The Morgan fingerprint density at radius 1 is 1.28 bits per heavy atom. The van der Waals surface area contributed by atoms with Crippen LogP contribution in [-0.4, -0.2) is 47.9 Å². The number of carbonyl (C=O) groups excluding carboxylic acids is 1. The van der Waals surface area contributed by atoms with Gasteiger partial charge in [0.1, 0.15) is 0 Å². The molecule has 0 bridgehead atoms. The van der Waals surface area contributed by atoms with E-state index in [0.29, 0.717) is 5.92 Å². The van der Waals surface area contributed by atoms with Gasteiger partial charge >= 0.3 is 0 Å². The van der Waals surface area contributed by atoms with Crippen LogP contribution in [0.5, 0.6) is 0 Å². The van der Waals surface area contributed by atoms with Crippen LogP contribution in [0.3, 0.4) is 0 Å². The zero-order chi connectivity index (χ0) is 17.9. The number of likely N-dealkylation sites (tertiary alicyclic amines) is 1. The van der Waals surface area contributed by atoms with Crippen molar-refractivity contribution in [2.45, 2.75) is 51.1 Å². The van der Waals surface area contributed by atoms with Gasteiger partial charge in [-0.2, -0.15) is 0 Å². The molecular weight excluding hydrogens is 310 g/mol. The molecule has 0 spiro atoms. The maximum Gasteiger partial charge on any atom is 0.227 e. The van der Waals surface area contributed by atoms with Crippen LogP contribution in [0.4, 0.5) is 0 Å². The lowest BCUT2D eigenvalue weighted by atomic mass is 9.74. The number of rotatable bonds is 5. The SMILES string of the molecule is CN(CC1CCN(Cc2ccccc2)C1)C(=O)C1CCCCC1(C)N. The molecular formula is C21H33N3O. The van der Waals surface area contributed by atoms with Crippen LogP contribution < -0.4 is 5.73 Å². The predicted molar refractivity (Wildman–Crippen MR) is 102 cm³/mol. The van der Waals surface area contributed by atoms with Gasteiger partial charge in [-0.05, 0) is 44.2 Å². The summed E-state index contributed by atoms with van der Waals surface area (Å²) < 4.78 is 0. The molecule has 2 N–H and O–H groups in total. The van der Waals surface area contributed by atoms with Gasteiger partial charge in [-0.15, -0.1) is 0 Å². The van der Waals surface area contributed by atoms with E-state index in [9.17, 15) is 4.79 Å². The normalized spacial score (nSPS) is 30.4. The molecule has 25 heavy (non-hydrogen) atoms. The molecule has 3 atom stereocenters. The van der Waals surface area contributed by atoms with Crippen LogP contribution >= 0.6 is 0 Å². The van der Waals surface area contributed by atoms with E-state index >= 15 is 0 Å². The van der Waals surface area contributed by atoms with Crippen LogP contribution in [0, 0.1) is 11.8 Å². The Bertz CT molecular complexity index is 572. The van der Waals surface area contributed by atoms with Crippen molar-refractivity contribution in [1.29, 1.82) is 0 Å². The molecule has 4 heteroatoms. The molecule has 138 valence electrons. The molecule has 3 rings (SSSR count). The van der Waals surface area contributed by atoms with Gasteiger partial charge in [0.2, 0.25) is 5.91 Å². The zero-order valence-electron chi connectivity index (χ0n) is 15.8. The Morgan fingerprint density at radius 3 is 2.76 bits per heavy atom. The van der Waals surface area contributed by atoms with Crippen molar-refractivity contribution in [3.63, 3.8) is 0 Å². The van der Waals surface area contributed by atoms with Gasteiger partial charge in [-0.3, -0.25) is 9.69 Å². The van der Waals surface area contributed by atoms with E-state index in [0.717, 1.165) is 51.9 Å². The van der Waals surface area contributed by atoms with E-state index in [1.165, 1.54) is 12.0 Å². The van der Waals surface area contributed by atoms with Gasteiger partial charge in [0, 0.05) is 32.2 Å². The topological polar surface area (TPSA) is 49.6 Å². The first-order valence-electron chi connectivity index (χ1n) is 9.76. The first kappa shape index (κ1) is 18.4. The number of nitrogens with zero attached hydrogens (tertiary/aromatic N) is 2. The van der Waals surface area contributed by atoms with E-state index in [-0.39, 0.29) is 17.4 Å². The maximum absolute atomic E-state index is 12.9. The highest BCUT2D eigenvalue weighted by molar-refractivity contribution is 5.80. The third kappa shape index (κ3) is 4.62. The van der Waals surface area contributed by atoms with Gasteiger partial charge in [0.05, 0.1) is 5.92 Å². The highest BCUT2D eigenvalue weighted by Crippen LogP contribution is 2.33. The minimum absolute atomic E-state index is 0.00641. The molecule has 0 aromatic heterocycles. The highest BCUT2D eigenvalue weighted by atomic mass is 16.2. The fourth-order valence-corrected chi connectivity index (χ4v) is 4.55. The highest BCUT2D eigenvalue weighted by Gasteiger charge is 2.39. The summed E-state index contributed by atoms with van der Waals surface area (Å²) in [5, 5.41) is 0. The largest absolute Gasteiger partial charge is 0.345 e. The smallest absolute Gasteiger partial charge is 0.227 e. The second kappa shape index (κ2) is 7.88. The molecule has 1 aliphatic carbocycles. The Labute approximate surface area is 152 Å². The minimum Gasteiger partial charge on any atom is -0.345 e. The molecule has 1 saturated carbocycles. The summed E-state index contributed by atoms with van der Waals surface area (Å²) in [7, 11) is 1.97. The van der Waals surface area contributed by atoms with Gasteiger partial charge in [0.15, 0.2) is 0 Å². The van der Waals surface area contributed by atoms with Crippen molar-refractivity contribution in [1.82, 2.24) is 9.80 Å². The second-order valence-electron chi connectivity index (χ2n) is 8.40. The van der Waals surface area contributed by atoms with Crippen molar-refractivity contribution in [3.05, 3.63) is 35.9 Å². The van der Waals surface area contributed by atoms with E-state index in [1.54, 1.807) is 0 Å². The number of carbonyl (C=O) groups is 1. The van der Waals surface area contributed by atoms with Crippen LogP contribution in [-0.2, 0) is 11.3 Å². The number of hydrogen-bond acceptors (Lipinski definition) is 3.